The summed E-state index contributed by atoms with van der Waals surface area (Å²) in [6.07, 6.45) is 0. The van der Waals surface area contributed by atoms with Gasteiger partial charge in [0.2, 0.25) is 12.7 Å². The second kappa shape index (κ2) is 8.14. The Morgan fingerprint density at radius 2 is 1.80 bits per heavy atom. The van der Waals surface area contributed by atoms with Gasteiger partial charge < -0.3 is 13.9 Å². The van der Waals surface area contributed by atoms with Crippen LogP contribution < -0.4 is 14.8 Å². The van der Waals surface area contributed by atoms with Crippen LogP contribution in [0.5, 0.6) is 11.5 Å². The zero-order valence-electron chi connectivity index (χ0n) is 18.6. The third-order valence-electron chi connectivity index (χ3n) is 5.79. The number of ether oxygens (including phenoxy) is 2. The lowest BCUT2D eigenvalue weighted by molar-refractivity contribution is 0.0641. The molecule has 3 amide bonds. The number of hydrogen-bond donors (Lipinski definition) is 1. The average Bonchev–Trinajstić information content (AvgIpc) is 3.49. The number of hydrogen-bond acceptors (Lipinski definition) is 8. The molecule has 2 aliphatic heterocycles. The Morgan fingerprint density at radius 1 is 1.06 bits per heavy atom. The first-order valence-electron chi connectivity index (χ1n) is 10.5. The number of carbonyl (C=O) groups excluding carboxylic acids is 4. The number of amides is 3. The second-order valence-corrected chi connectivity index (χ2v) is 8.00. The van der Waals surface area contributed by atoms with Crippen LogP contribution in [0.3, 0.4) is 0 Å². The fourth-order valence-corrected chi connectivity index (χ4v) is 4.14. The molecule has 5 rings (SSSR count). The summed E-state index contributed by atoms with van der Waals surface area (Å²) >= 11 is 0. The van der Waals surface area contributed by atoms with E-state index in [4.69, 9.17) is 13.9 Å². The number of carbonyl (C=O) groups is 4. The van der Waals surface area contributed by atoms with Gasteiger partial charge in [-0.25, -0.2) is 0 Å². The third-order valence-corrected chi connectivity index (χ3v) is 5.79. The number of nitrogens with one attached hydrogen (secondary N) is 1. The van der Waals surface area contributed by atoms with Crippen molar-refractivity contribution in [3.63, 3.8) is 0 Å². The van der Waals surface area contributed by atoms with Gasteiger partial charge in [-0.15, -0.1) is 0 Å². The van der Waals surface area contributed by atoms with Gasteiger partial charge in [-0.05, 0) is 49.7 Å². The Balaban J connectivity index is 1.38. The molecule has 0 bridgehead atoms. The Labute approximate surface area is 198 Å². The summed E-state index contributed by atoms with van der Waals surface area (Å²) in [6, 6.07) is 11.2. The van der Waals surface area contributed by atoms with E-state index in [0.717, 1.165) is 4.90 Å². The molecule has 0 unspecified atom stereocenters. The highest BCUT2D eigenvalue weighted by Gasteiger charge is 2.36. The first-order chi connectivity index (χ1) is 16.8. The highest BCUT2D eigenvalue weighted by Crippen LogP contribution is 2.34. The number of aryl methyl sites for hydroxylation is 1. The standard InChI is InChI=1S/C25H17N3O7/c1-12(29)21-13(2)35-23(18(21)9-26)27-22(30)15-4-5-16-17(8-15)25(32)28(24(16)31)10-14-3-6-19-20(7-14)34-11-33-19/h3-8H,10-11H2,1-2H3,(H,27,30). The molecule has 2 aliphatic rings. The van der Waals surface area contributed by atoms with Crippen molar-refractivity contribution in [3.05, 3.63) is 75.5 Å². The minimum atomic E-state index is -0.664. The van der Waals surface area contributed by atoms with Gasteiger partial charge >= 0.3 is 0 Å². The molecule has 1 aromatic heterocycles. The molecule has 35 heavy (non-hydrogen) atoms. The number of ketones is 1. The first-order valence-corrected chi connectivity index (χ1v) is 10.5. The number of imide groups is 1. The number of nitriles is 1. The Bertz CT molecular complexity index is 1500. The smallest absolute Gasteiger partial charge is 0.261 e. The van der Waals surface area contributed by atoms with E-state index in [2.05, 4.69) is 5.32 Å². The molecule has 3 heterocycles. The maximum atomic E-state index is 13.0. The fourth-order valence-electron chi connectivity index (χ4n) is 4.14. The number of furan rings is 1. The van der Waals surface area contributed by atoms with Crippen molar-refractivity contribution < 1.29 is 33.1 Å². The largest absolute Gasteiger partial charge is 0.454 e. The number of nitrogens with zero attached hydrogens (tertiary/aromatic N) is 2. The van der Waals surface area contributed by atoms with E-state index in [9.17, 15) is 24.4 Å². The molecule has 0 saturated heterocycles. The Hall–Kier alpha value is -4.91. The molecule has 10 nitrogen and oxygen atoms in total. The number of anilines is 1. The molecule has 0 radical (unpaired) electrons. The minimum Gasteiger partial charge on any atom is -0.454 e. The van der Waals surface area contributed by atoms with Crippen LogP contribution in [0.2, 0.25) is 0 Å². The van der Waals surface area contributed by atoms with Gasteiger partial charge in [0.15, 0.2) is 17.3 Å². The maximum absolute atomic E-state index is 13.0. The summed E-state index contributed by atoms with van der Waals surface area (Å²) in [5, 5.41) is 11.9. The zero-order valence-corrected chi connectivity index (χ0v) is 18.6. The molecule has 0 spiro atoms. The zero-order chi connectivity index (χ0) is 24.9. The van der Waals surface area contributed by atoms with E-state index < -0.39 is 17.7 Å². The number of fused-ring (bicyclic) bond motifs is 2. The van der Waals surface area contributed by atoms with E-state index in [1.54, 1.807) is 18.2 Å². The van der Waals surface area contributed by atoms with Crippen molar-refractivity contribution in [2.24, 2.45) is 0 Å². The highest BCUT2D eigenvalue weighted by atomic mass is 16.7. The van der Waals surface area contributed by atoms with Gasteiger partial charge in [0, 0.05) is 5.56 Å². The van der Waals surface area contributed by atoms with Gasteiger partial charge in [0.05, 0.1) is 23.2 Å². The number of Topliss-reactive ketones (excluding diaryl/α,β-unsaturated/α-hetero) is 1. The van der Waals surface area contributed by atoms with E-state index in [1.807, 2.05) is 6.07 Å². The van der Waals surface area contributed by atoms with Crippen LogP contribution in [0.15, 0.2) is 40.8 Å². The van der Waals surface area contributed by atoms with Crippen LogP contribution in [0.25, 0.3) is 0 Å². The molecule has 2 aromatic carbocycles. The average molecular weight is 471 g/mol. The SMILES string of the molecule is CC(=O)c1c(C)oc(NC(=O)c2ccc3c(c2)C(=O)N(Cc2ccc4c(c2)OCO4)C3=O)c1C#N. The molecular formula is C25H17N3O7. The van der Waals surface area contributed by atoms with E-state index in [0.29, 0.717) is 17.1 Å². The number of benzene rings is 2. The van der Waals surface area contributed by atoms with Crippen LogP contribution in [-0.2, 0) is 6.54 Å². The predicted molar refractivity (Wildman–Crippen MR) is 119 cm³/mol. The van der Waals surface area contributed by atoms with Crippen LogP contribution in [-0.4, -0.2) is 35.2 Å². The number of rotatable bonds is 5. The van der Waals surface area contributed by atoms with Gasteiger partial charge in [-0.1, -0.05) is 6.07 Å². The van der Waals surface area contributed by atoms with Gasteiger partial charge in [0.1, 0.15) is 17.4 Å². The van der Waals surface area contributed by atoms with Crippen LogP contribution in [0.1, 0.15) is 65.2 Å². The third kappa shape index (κ3) is 3.59. The van der Waals surface area contributed by atoms with E-state index >= 15 is 0 Å². The summed E-state index contributed by atoms with van der Waals surface area (Å²) in [7, 11) is 0. The van der Waals surface area contributed by atoms with Crippen LogP contribution in [0.4, 0.5) is 5.88 Å². The van der Waals surface area contributed by atoms with Crippen molar-refractivity contribution in [3.8, 4) is 17.6 Å². The topological polar surface area (TPSA) is 139 Å². The molecule has 174 valence electrons. The Morgan fingerprint density at radius 3 is 2.54 bits per heavy atom. The summed E-state index contributed by atoms with van der Waals surface area (Å²) in [5.41, 5.74) is 1.04. The van der Waals surface area contributed by atoms with Crippen molar-refractivity contribution in [2.45, 2.75) is 20.4 Å². The van der Waals surface area contributed by atoms with Gasteiger partial charge in [-0.2, -0.15) is 5.26 Å². The minimum absolute atomic E-state index is 0.0234. The highest BCUT2D eigenvalue weighted by molar-refractivity contribution is 6.22. The summed E-state index contributed by atoms with van der Waals surface area (Å²) in [6.45, 7) is 2.94. The van der Waals surface area contributed by atoms with Crippen molar-refractivity contribution >= 4 is 29.4 Å². The van der Waals surface area contributed by atoms with Crippen molar-refractivity contribution in [1.82, 2.24) is 4.90 Å². The van der Waals surface area contributed by atoms with Crippen LogP contribution >= 0.6 is 0 Å². The fraction of sp³-hybridized carbons (Fsp3) is 0.160. The molecule has 0 fully saturated rings. The predicted octanol–water partition coefficient (Wildman–Crippen LogP) is 3.44. The molecule has 3 aromatic rings. The monoisotopic (exact) mass is 471 g/mol. The van der Waals surface area contributed by atoms with Gasteiger partial charge in [0.25, 0.3) is 17.7 Å². The summed E-state index contributed by atoms with van der Waals surface area (Å²) in [4.78, 5) is 51.6. The molecule has 1 N–H and O–H groups in total. The Kier molecular flexibility index (Phi) is 5.10. The maximum Gasteiger partial charge on any atom is 0.261 e. The van der Waals surface area contributed by atoms with E-state index in [-0.39, 0.29) is 58.6 Å². The molecule has 0 aliphatic carbocycles. The lowest BCUT2D eigenvalue weighted by Gasteiger charge is -2.14. The normalized spacial score (nSPS) is 13.6. The molecule has 0 atom stereocenters. The van der Waals surface area contributed by atoms with E-state index in [1.165, 1.54) is 32.0 Å². The lowest BCUT2D eigenvalue weighted by Crippen LogP contribution is -2.29. The first kappa shape index (κ1) is 21.9. The molecule has 0 saturated carbocycles. The summed E-state index contributed by atoms with van der Waals surface area (Å²) in [5.74, 6) is -0.873. The van der Waals surface area contributed by atoms with Crippen molar-refractivity contribution in [1.29, 1.82) is 5.26 Å². The quantitative estimate of drug-likeness (QED) is 0.441. The van der Waals surface area contributed by atoms with Crippen molar-refractivity contribution in [2.75, 3.05) is 12.1 Å². The second-order valence-electron chi connectivity index (χ2n) is 8.00. The van der Waals surface area contributed by atoms with Crippen LogP contribution in [0, 0.1) is 18.3 Å². The lowest BCUT2D eigenvalue weighted by atomic mass is 10.0. The molecular weight excluding hydrogens is 454 g/mol. The summed E-state index contributed by atoms with van der Waals surface area (Å²) < 4.78 is 16.0. The molecule has 10 heteroatoms. The van der Waals surface area contributed by atoms with Gasteiger partial charge in [-0.3, -0.25) is 29.4 Å².